The van der Waals surface area contributed by atoms with Crippen molar-refractivity contribution in [3.63, 3.8) is 0 Å². The third kappa shape index (κ3) is 5.40. The number of halogens is 3. The molecule has 17 heavy (non-hydrogen) atoms. The van der Waals surface area contributed by atoms with Crippen LogP contribution >= 0.6 is 0 Å². The van der Waals surface area contributed by atoms with Crippen LogP contribution in [0, 0.1) is 16.7 Å². The van der Waals surface area contributed by atoms with Crippen LogP contribution in [0.2, 0.25) is 0 Å². The molecule has 0 saturated heterocycles. The van der Waals surface area contributed by atoms with Crippen molar-refractivity contribution in [2.24, 2.45) is 5.41 Å². The standard InChI is InChI=1S/C12H18F3NO/c13-12(14,15)10-17-9-11(8-16)6-4-2-1-3-5-7-11/h1-7,9-10H2. The van der Waals surface area contributed by atoms with Crippen molar-refractivity contribution < 1.29 is 17.9 Å². The molecular weight excluding hydrogens is 231 g/mol. The van der Waals surface area contributed by atoms with Crippen molar-refractivity contribution in [3.05, 3.63) is 0 Å². The van der Waals surface area contributed by atoms with Crippen molar-refractivity contribution in [2.75, 3.05) is 13.2 Å². The minimum Gasteiger partial charge on any atom is -0.370 e. The summed E-state index contributed by atoms with van der Waals surface area (Å²) in [5, 5.41) is 9.18. The molecule has 0 amide bonds. The van der Waals surface area contributed by atoms with Gasteiger partial charge < -0.3 is 4.74 Å². The summed E-state index contributed by atoms with van der Waals surface area (Å²) >= 11 is 0. The summed E-state index contributed by atoms with van der Waals surface area (Å²) in [6, 6.07) is 2.18. The van der Waals surface area contributed by atoms with Gasteiger partial charge in [-0.3, -0.25) is 0 Å². The SMILES string of the molecule is N#CC1(COCC(F)(F)F)CCCCCCC1. The summed E-state index contributed by atoms with van der Waals surface area (Å²) in [5.41, 5.74) is -0.703. The number of hydrogen-bond acceptors (Lipinski definition) is 2. The molecular formula is C12H18F3NO. The Balaban J connectivity index is 2.46. The van der Waals surface area contributed by atoms with Gasteiger partial charge in [-0.15, -0.1) is 0 Å². The Labute approximate surface area is 99.8 Å². The molecule has 1 aliphatic rings. The predicted octanol–water partition coefficient (Wildman–Crippen LogP) is 3.82. The fraction of sp³-hybridized carbons (Fsp3) is 0.917. The molecule has 98 valence electrons. The van der Waals surface area contributed by atoms with Crippen molar-refractivity contribution in [1.29, 1.82) is 5.26 Å². The molecule has 0 unspecified atom stereocenters. The average Bonchev–Trinajstić information content (AvgIpc) is 2.20. The van der Waals surface area contributed by atoms with Crippen LogP contribution < -0.4 is 0 Å². The first-order valence-corrected chi connectivity index (χ1v) is 6.03. The minimum absolute atomic E-state index is 0.0942. The van der Waals surface area contributed by atoms with Gasteiger partial charge in [0.2, 0.25) is 0 Å². The summed E-state index contributed by atoms with van der Waals surface area (Å²) in [5.74, 6) is 0. The monoisotopic (exact) mass is 249 g/mol. The van der Waals surface area contributed by atoms with Crippen molar-refractivity contribution in [2.45, 2.75) is 51.1 Å². The Bertz CT molecular complexity index is 262. The third-order valence-corrected chi connectivity index (χ3v) is 3.19. The fourth-order valence-electron chi connectivity index (χ4n) is 2.23. The van der Waals surface area contributed by atoms with E-state index in [2.05, 4.69) is 10.8 Å². The van der Waals surface area contributed by atoms with E-state index >= 15 is 0 Å². The van der Waals surface area contributed by atoms with Crippen LogP contribution in [0.15, 0.2) is 0 Å². The van der Waals surface area contributed by atoms with E-state index in [0.29, 0.717) is 12.8 Å². The van der Waals surface area contributed by atoms with Gasteiger partial charge in [-0.2, -0.15) is 18.4 Å². The van der Waals surface area contributed by atoms with Crippen LogP contribution in [0.25, 0.3) is 0 Å². The lowest BCUT2D eigenvalue weighted by Crippen LogP contribution is -2.29. The van der Waals surface area contributed by atoms with Gasteiger partial charge in [0.1, 0.15) is 6.61 Å². The van der Waals surface area contributed by atoms with Gasteiger partial charge in [0.25, 0.3) is 0 Å². The van der Waals surface area contributed by atoms with Gasteiger partial charge in [-0.25, -0.2) is 0 Å². The number of rotatable bonds is 3. The summed E-state index contributed by atoms with van der Waals surface area (Å²) in [6.45, 7) is -1.35. The first kappa shape index (κ1) is 14.3. The molecule has 0 aromatic carbocycles. The lowest BCUT2D eigenvalue weighted by atomic mass is 9.78. The molecule has 0 N–H and O–H groups in total. The van der Waals surface area contributed by atoms with E-state index in [0.717, 1.165) is 32.1 Å². The molecule has 0 spiro atoms. The lowest BCUT2D eigenvalue weighted by Gasteiger charge is -2.28. The highest BCUT2D eigenvalue weighted by atomic mass is 19.4. The zero-order valence-electron chi connectivity index (χ0n) is 9.85. The Morgan fingerprint density at radius 2 is 1.59 bits per heavy atom. The lowest BCUT2D eigenvalue weighted by molar-refractivity contribution is -0.179. The molecule has 1 rings (SSSR count). The Kier molecular flexibility index (Phi) is 5.26. The summed E-state index contributed by atoms with van der Waals surface area (Å²) in [6.07, 6.45) is 2.09. The highest BCUT2D eigenvalue weighted by molar-refractivity contribution is 4.99. The van der Waals surface area contributed by atoms with E-state index in [-0.39, 0.29) is 6.61 Å². The van der Waals surface area contributed by atoms with E-state index in [9.17, 15) is 18.4 Å². The van der Waals surface area contributed by atoms with Gasteiger partial charge in [0, 0.05) is 0 Å². The third-order valence-electron chi connectivity index (χ3n) is 3.19. The van der Waals surface area contributed by atoms with E-state index in [1.807, 2.05) is 0 Å². The second-order valence-electron chi connectivity index (χ2n) is 4.77. The molecule has 5 heteroatoms. The molecule has 2 nitrogen and oxygen atoms in total. The van der Waals surface area contributed by atoms with E-state index < -0.39 is 18.2 Å². The molecule has 0 bridgehead atoms. The molecule has 1 saturated carbocycles. The highest BCUT2D eigenvalue weighted by Gasteiger charge is 2.33. The first-order valence-electron chi connectivity index (χ1n) is 6.03. The summed E-state index contributed by atoms with van der Waals surface area (Å²) in [4.78, 5) is 0. The molecule has 0 radical (unpaired) electrons. The molecule has 1 aliphatic carbocycles. The van der Waals surface area contributed by atoms with Crippen LogP contribution in [0.1, 0.15) is 44.9 Å². The van der Waals surface area contributed by atoms with Crippen molar-refractivity contribution in [1.82, 2.24) is 0 Å². The van der Waals surface area contributed by atoms with E-state index in [1.54, 1.807) is 0 Å². The van der Waals surface area contributed by atoms with Crippen LogP contribution in [-0.2, 0) is 4.74 Å². The van der Waals surface area contributed by atoms with Gasteiger partial charge >= 0.3 is 6.18 Å². The zero-order chi connectivity index (χ0) is 12.8. The zero-order valence-corrected chi connectivity index (χ0v) is 9.85. The quantitative estimate of drug-likeness (QED) is 0.761. The molecule has 0 aromatic heterocycles. The molecule has 1 fully saturated rings. The maximum Gasteiger partial charge on any atom is 0.411 e. The first-order chi connectivity index (χ1) is 7.97. The van der Waals surface area contributed by atoms with Crippen LogP contribution in [0.3, 0.4) is 0 Å². The van der Waals surface area contributed by atoms with Crippen LogP contribution in [0.4, 0.5) is 13.2 Å². The second kappa shape index (κ2) is 6.25. The minimum atomic E-state index is -4.31. The second-order valence-corrected chi connectivity index (χ2v) is 4.77. The number of ether oxygens (including phenoxy) is 1. The summed E-state index contributed by atoms with van der Waals surface area (Å²) < 4.78 is 40.6. The Morgan fingerprint density at radius 3 is 2.06 bits per heavy atom. The normalized spacial score (nSPS) is 21.3. The molecule has 0 aliphatic heterocycles. The van der Waals surface area contributed by atoms with Crippen molar-refractivity contribution >= 4 is 0 Å². The predicted molar refractivity (Wildman–Crippen MR) is 57.2 cm³/mol. The molecule has 0 heterocycles. The van der Waals surface area contributed by atoms with Crippen LogP contribution in [0.5, 0.6) is 0 Å². The molecule has 0 aromatic rings. The number of alkyl halides is 3. The number of nitrogens with zero attached hydrogens (tertiary/aromatic N) is 1. The van der Waals surface area contributed by atoms with Gasteiger partial charge in [0.05, 0.1) is 18.1 Å². The van der Waals surface area contributed by atoms with Crippen molar-refractivity contribution in [3.8, 4) is 6.07 Å². The number of hydrogen-bond donors (Lipinski definition) is 0. The topological polar surface area (TPSA) is 33.0 Å². The number of nitriles is 1. The Hall–Kier alpha value is -0.760. The van der Waals surface area contributed by atoms with Crippen LogP contribution in [-0.4, -0.2) is 19.4 Å². The van der Waals surface area contributed by atoms with E-state index in [1.165, 1.54) is 0 Å². The summed E-state index contributed by atoms with van der Waals surface area (Å²) in [7, 11) is 0. The average molecular weight is 249 g/mol. The largest absolute Gasteiger partial charge is 0.411 e. The molecule has 0 atom stereocenters. The van der Waals surface area contributed by atoms with Gasteiger partial charge in [0.15, 0.2) is 0 Å². The maximum atomic E-state index is 12.0. The smallest absolute Gasteiger partial charge is 0.370 e. The highest BCUT2D eigenvalue weighted by Crippen LogP contribution is 2.34. The van der Waals surface area contributed by atoms with E-state index in [4.69, 9.17) is 0 Å². The fourth-order valence-corrected chi connectivity index (χ4v) is 2.23. The maximum absolute atomic E-state index is 12.0. The van der Waals surface area contributed by atoms with Gasteiger partial charge in [-0.1, -0.05) is 32.1 Å². The Morgan fingerprint density at radius 1 is 1.06 bits per heavy atom. The van der Waals surface area contributed by atoms with Gasteiger partial charge in [-0.05, 0) is 12.8 Å².